The summed E-state index contributed by atoms with van der Waals surface area (Å²) < 4.78 is 34.5. The molecule has 0 saturated heterocycles. The van der Waals surface area contributed by atoms with Crippen LogP contribution in [0.4, 0.5) is 14.5 Å². The minimum Gasteiger partial charge on any atom is -0.395 e. The van der Waals surface area contributed by atoms with Crippen molar-refractivity contribution in [2.75, 3.05) is 25.5 Å². The van der Waals surface area contributed by atoms with E-state index in [0.717, 1.165) is 0 Å². The number of nitrogens with one attached hydrogen (secondary N) is 3. The topological polar surface area (TPSA) is 81.1 Å². The van der Waals surface area contributed by atoms with Crippen molar-refractivity contribution in [2.45, 2.75) is 26.2 Å². The summed E-state index contributed by atoms with van der Waals surface area (Å²) in [5.41, 5.74) is 0.305. The molecule has 1 heterocycles. The van der Waals surface area contributed by atoms with Crippen LogP contribution in [0.3, 0.4) is 0 Å². The maximum Gasteiger partial charge on any atom is 0.586 e. The van der Waals surface area contributed by atoms with Gasteiger partial charge in [0.15, 0.2) is 24.6 Å². The molecule has 0 bridgehead atoms. The SMILES string of the molecule is CC(C)NC(=O)C[NH+](C)CC(=O)Nc1ccc2c(c1)OC(F)(F)O2. The van der Waals surface area contributed by atoms with E-state index in [2.05, 4.69) is 20.1 Å². The number of hydrogen-bond acceptors (Lipinski definition) is 4. The molecular weight excluding hydrogens is 324 g/mol. The van der Waals surface area contributed by atoms with Gasteiger partial charge in [-0.2, -0.15) is 0 Å². The van der Waals surface area contributed by atoms with Crippen molar-refractivity contribution < 1.29 is 32.7 Å². The van der Waals surface area contributed by atoms with Crippen LogP contribution in [0.25, 0.3) is 0 Å². The number of carbonyl (C=O) groups is 2. The third kappa shape index (κ3) is 5.05. The lowest BCUT2D eigenvalue weighted by Crippen LogP contribution is -3.11. The van der Waals surface area contributed by atoms with E-state index in [1.165, 1.54) is 18.2 Å². The molecule has 2 amide bonds. The van der Waals surface area contributed by atoms with E-state index in [1.54, 1.807) is 7.05 Å². The largest absolute Gasteiger partial charge is 0.586 e. The number of quaternary nitrogens is 1. The predicted molar refractivity (Wildman–Crippen MR) is 81.2 cm³/mol. The van der Waals surface area contributed by atoms with Crippen LogP contribution < -0.4 is 25.0 Å². The smallest absolute Gasteiger partial charge is 0.395 e. The monoisotopic (exact) mass is 344 g/mol. The number of fused-ring (bicyclic) bond motifs is 1. The van der Waals surface area contributed by atoms with Gasteiger partial charge in [-0.15, -0.1) is 8.78 Å². The molecule has 132 valence electrons. The summed E-state index contributed by atoms with van der Waals surface area (Å²) >= 11 is 0. The molecule has 1 unspecified atom stereocenters. The minimum atomic E-state index is -3.70. The van der Waals surface area contributed by atoms with Crippen molar-refractivity contribution >= 4 is 17.5 Å². The molecule has 0 spiro atoms. The Labute approximate surface area is 137 Å². The molecule has 1 aromatic rings. The summed E-state index contributed by atoms with van der Waals surface area (Å²) in [7, 11) is 1.71. The van der Waals surface area contributed by atoms with Crippen molar-refractivity contribution in [3.8, 4) is 11.5 Å². The number of rotatable bonds is 6. The fourth-order valence-electron chi connectivity index (χ4n) is 2.22. The van der Waals surface area contributed by atoms with E-state index in [9.17, 15) is 18.4 Å². The zero-order valence-electron chi connectivity index (χ0n) is 13.6. The second-order valence-electron chi connectivity index (χ2n) is 5.91. The van der Waals surface area contributed by atoms with Crippen molar-refractivity contribution in [2.24, 2.45) is 0 Å². The number of amides is 2. The number of ether oxygens (including phenoxy) is 2. The number of hydrogen-bond donors (Lipinski definition) is 3. The minimum absolute atomic E-state index is 0.0332. The molecule has 0 fully saturated rings. The van der Waals surface area contributed by atoms with E-state index in [-0.39, 0.29) is 42.4 Å². The lowest BCUT2D eigenvalue weighted by atomic mass is 10.2. The average Bonchev–Trinajstić information content (AvgIpc) is 2.69. The van der Waals surface area contributed by atoms with Crippen LogP contribution in [-0.4, -0.2) is 44.3 Å². The van der Waals surface area contributed by atoms with E-state index >= 15 is 0 Å². The van der Waals surface area contributed by atoms with Gasteiger partial charge in [-0.05, 0) is 26.0 Å². The van der Waals surface area contributed by atoms with Crippen LogP contribution >= 0.6 is 0 Å². The third-order valence-electron chi connectivity index (χ3n) is 3.06. The van der Waals surface area contributed by atoms with E-state index in [1.807, 2.05) is 13.8 Å². The first-order valence-electron chi connectivity index (χ1n) is 7.45. The van der Waals surface area contributed by atoms with Crippen molar-refractivity contribution in [3.05, 3.63) is 18.2 Å². The summed E-state index contributed by atoms with van der Waals surface area (Å²) in [4.78, 5) is 24.3. The first-order valence-corrected chi connectivity index (χ1v) is 7.45. The molecule has 0 aliphatic carbocycles. The van der Waals surface area contributed by atoms with Crippen LogP contribution in [0, 0.1) is 0 Å². The molecule has 1 aliphatic rings. The van der Waals surface area contributed by atoms with Gasteiger partial charge in [-0.1, -0.05) is 0 Å². The summed E-state index contributed by atoms with van der Waals surface area (Å²) in [6.45, 7) is 3.90. The summed E-state index contributed by atoms with van der Waals surface area (Å²) in [5, 5.41) is 5.31. The predicted octanol–water partition coefficient (Wildman–Crippen LogP) is -0.0141. The Morgan fingerprint density at radius 2 is 1.79 bits per heavy atom. The first kappa shape index (κ1) is 17.9. The highest BCUT2D eigenvalue weighted by atomic mass is 19.3. The Hall–Kier alpha value is -2.42. The number of halogens is 2. The van der Waals surface area contributed by atoms with Gasteiger partial charge in [0, 0.05) is 17.8 Å². The van der Waals surface area contributed by atoms with Crippen LogP contribution in [0.1, 0.15) is 13.8 Å². The second-order valence-corrected chi connectivity index (χ2v) is 5.91. The first-order chi connectivity index (χ1) is 11.1. The van der Waals surface area contributed by atoms with Gasteiger partial charge < -0.3 is 25.0 Å². The molecule has 0 aromatic heterocycles. The molecule has 9 heteroatoms. The molecular formula is C15H20F2N3O4+. The molecule has 7 nitrogen and oxygen atoms in total. The van der Waals surface area contributed by atoms with Gasteiger partial charge in [-0.25, -0.2) is 0 Å². The summed E-state index contributed by atoms with van der Waals surface area (Å²) in [6, 6.07) is 4.02. The highest BCUT2D eigenvalue weighted by Crippen LogP contribution is 2.42. The van der Waals surface area contributed by atoms with E-state index in [4.69, 9.17) is 0 Å². The molecule has 0 saturated carbocycles. The van der Waals surface area contributed by atoms with Gasteiger partial charge in [0.25, 0.3) is 11.8 Å². The quantitative estimate of drug-likeness (QED) is 0.678. The third-order valence-corrected chi connectivity index (χ3v) is 3.06. The number of anilines is 1. The summed E-state index contributed by atoms with van der Waals surface area (Å²) in [6.07, 6.45) is -3.70. The highest BCUT2D eigenvalue weighted by molar-refractivity contribution is 5.92. The van der Waals surface area contributed by atoms with Gasteiger partial charge in [0.05, 0.1) is 7.05 Å². The second kappa shape index (κ2) is 7.00. The normalized spacial score (nSPS) is 15.9. The highest BCUT2D eigenvalue weighted by Gasteiger charge is 2.43. The van der Waals surface area contributed by atoms with Gasteiger partial charge in [0.1, 0.15) is 0 Å². The molecule has 1 aliphatic heterocycles. The zero-order valence-corrected chi connectivity index (χ0v) is 13.6. The molecule has 1 atom stereocenters. The molecule has 2 rings (SSSR count). The molecule has 0 radical (unpaired) electrons. The standard InChI is InChI=1S/C15H19F2N3O4/c1-9(2)18-13(21)7-20(3)8-14(22)19-10-4-5-11-12(6-10)24-15(16,17)23-11/h4-6,9H,7-8H2,1-3H3,(H,18,21)(H,19,22)/p+1. The number of carbonyl (C=O) groups excluding carboxylic acids is 2. The number of alkyl halides is 2. The molecule has 24 heavy (non-hydrogen) atoms. The molecule has 3 N–H and O–H groups in total. The Morgan fingerprint density at radius 3 is 2.46 bits per heavy atom. The maximum atomic E-state index is 12.9. The van der Waals surface area contributed by atoms with E-state index in [0.29, 0.717) is 10.6 Å². The van der Waals surface area contributed by atoms with Crippen molar-refractivity contribution in [1.29, 1.82) is 0 Å². The Kier molecular flexibility index (Phi) is 5.23. The van der Waals surface area contributed by atoms with Crippen LogP contribution in [0.15, 0.2) is 18.2 Å². The van der Waals surface area contributed by atoms with E-state index < -0.39 is 6.29 Å². The fourth-order valence-corrected chi connectivity index (χ4v) is 2.22. The average molecular weight is 344 g/mol. The lowest BCUT2D eigenvalue weighted by molar-refractivity contribution is -0.862. The maximum absolute atomic E-state index is 12.9. The Bertz CT molecular complexity index is 637. The summed E-state index contributed by atoms with van der Waals surface area (Å²) in [5.74, 6) is -0.739. The van der Waals surface area contributed by atoms with Crippen LogP contribution in [0.5, 0.6) is 11.5 Å². The van der Waals surface area contributed by atoms with Crippen LogP contribution in [0.2, 0.25) is 0 Å². The van der Waals surface area contributed by atoms with Crippen molar-refractivity contribution in [1.82, 2.24) is 5.32 Å². The Morgan fingerprint density at radius 1 is 1.17 bits per heavy atom. The fraction of sp³-hybridized carbons (Fsp3) is 0.467. The van der Waals surface area contributed by atoms with Crippen molar-refractivity contribution in [3.63, 3.8) is 0 Å². The number of benzene rings is 1. The molecule has 1 aromatic carbocycles. The Balaban J connectivity index is 1.86. The zero-order chi connectivity index (χ0) is 17.9. The van der Waals surface area contributed by atoms with Crippen LogP contribution in [-0.2, 0) is 9.59 Å². The van der Waals surface area contributed by atoms with Gasteiger partial charge >= 0.3 is 6.29 Å². The number of likely N-dealkylation sites (N-methyl/N-ethyl adjacent to an activating group) is 1. The van der Waals surface area contributed by atoms with Gasteiger partial charge in [-0.3, -0.25) is 9.59 Å². The van der Waals surface area contributed by atoms with Gasteiger partial charge in [0.2, 0.25) is 0 Å². The lowest BCUT2D eigenvalue weighted by Gasteiger charge is -2.15.